The Labute approximate surface area is 112 Å². The second kappa shape index (κ2) is 7.78. The zero-order valence-electron chi connectivity index (χ0n) is 12.5. The average molecular weight is 254 g/mol. The summed E-state index contributed by atoms with van der Waals surface area (Å²) in [5, 5.41) is 3.51. The minimum absolute atomic E-state index is 0.319. The van der Waals surface area contributed by atoms with Gasteiger partial charge < -0.3 is 10.2 Å². The Hall–Kier alpha value is -0.570. The van der Waals surface area contributed by atoms with Crippen LogP contribution in [-0.2, 0) is 4.79 Å². The Balaban J connectivity index is 2.35. The highest BCUT2D eigenvalue weighted by Gasteiger charge is 2.20. The van der Waals surface area contributed by atoms with Crippen LogP contribution in [0.1, 0.15) is 59.8 Å². The van der Waals surface area contributed by atoms with E-state index < -0.39 is 0 Å². The quantitative estimate of drug-likeness (QED) is 0.790. The van der Waals surface area contributed by atoms with Crippen LogP contribution in [0.15, 0.2) is 0 Å². The van der Waals surface area contributed by atoms with Crippen molar-refractivity contribution in [1.82, 2.24) is 10.2 Å². The zero-order valence-corrected chi connectivity index (χ0v) is 12.5. The van der Waals surface area contributed by atoms with Crippen molar-refractivity contribution in [3.8, 4) is 0 Å². The van der Waals surface area contributed by atoms with E-state index in [2.05, 4.69) is 33.0 Å². The minimum atomic E-state index is 0.319. The van der Waals surface area contributed by atoms with Gasteiger partial charge in [0.05, 0.1) is 0 Å². The Morgan fingerprint density at radius 2 is 2.00 bits per heavy atom. The van der Waals surface area contributed by atoms with Crippen molar-refractivity contribution in [2.75, 3.05) is 13.1 Å². The van der Waals surface area contributed by atoms with Crippen molar-refractivity contribution >= 4 is 5.91 Å². The topological polar surface area (TPSA) is 32.3 Å². The van der Waals surface area contributed by atoms with E-state index in [1.54, 1.807) is 0 Å². The van der Waals surface area contributed by atoms with E-state index in [0.29, 0.717) is 30.3 Å². The summed E-state index contributed by atoms with van der Waals surface area (Å²) in [5.74, 6) is 0.871. The molecule has 1 amide bonds. The number of rotatable bonds is 6. The van der Waals surface area contributed by atoms with Gasteiger partial charge in [0.25, 0.3) is 0 Å². The maximum atomic E-state index is 12.3. The van der Waals surface area contributed by atoms with Crippen LogP contribution in [0.2, 0.25) is 0 Å². The molecule has 3 nitrogen and oxygen atoms in total. The summed E-state index contributed by atoms with van der Waals surface area (Å²) >= 11 is 0. The third kappa shape index (κ3) is 5.38. The Morgan fingerprint density at radius 1 is 1.28 bits per heavy atom. The molecule has 0 aromatic rings. The van der Waals surface area contributed by atoms with Gasteiger partial charge in [0.2, 0.25) is 5.91 Å². The van der Waals surface area contributed by atoms with Crippen LogP contribution in [-0.4, -0.2) is 36.0 Å². The Bertz CT molecular complexity index is 245. The average Bonchev–Trinajstić information content (AvgIpc) is 2.34. The highest BCUT2D eigenvalue weighted by molar-refractivity contribution is 5.76. The molecular formula is C15H30N2O. The van der Waals surface area contributed by atoms with Crippen LogP contribution < -0.4 is 5.32 Å². The number of piperidine rings is 1. The van der Waals surface area contributed by atoms with Crippen molar-refractivity contribution in [2.45, 2.75) is 71.9 Å². The lowest BCUT2D eigenvalue weighted by molar-refractivity contribution is -0.133. The maximum Gasteiger partial charge on any atom is 0.222 e. The molecule has 1 unspecified atom stereocenters. The highest BCUT2D eigenvalue weighted by Crippen LogP contribution is 2.14. The van der Waals surface area contributed by atoms with Gasteiger partial charge in [-0.1, -0.05) is 20.3 Å². The summed E-state index contributed by atoms with van der Waals surface area (Å²) in [7, 11) is 0. The third-order valence-corrected chi connectivity index (χ3v) is 3.62. The third-order valence-electron chi connectivity index (χ3n) is 3.62. The van der Waals surface area contributed by atoms with E-state index in [1.807, 2.05) is 4.90 Å². The molecule has 1 aliphatic heterocycles. The van der Waals surface area contributed by atoms with E-state index in [9.17, 15) is 4.79 Å². The van der Waals surface area contributed by atoms with Crippen molar-refractivity contribution < 1.29 is 4.79 Å². The molecule has 0 aromatic carbocycles. The van der Waals surface area contributed by atoms with Gasteiger partial charge in [0.1, 0.15) is 0 Å². The molecule has 1 N–H and O–H groups in total. The van der Waals surface area contributed by atoms with Gasteiger partial charge in [-0.25, -0.2) is 0 Å². The predicted octanol–water partition coefficient (Wildman–Crippen LogP) is 2.80. The van der Waals surface area contributed by atoms with E-state index in [0.717, 1.165) is 19.5 Å². The fourth-order valence-electron chi connectivity index (χ4n) is 2.61. The lowest BCUT2D eigenvalue weighted by Gasteiger charge is -2.30. The normalized spacial score (nSPS) is 20.4. The first-order valence-electron chi connectivity index (χ1n) is 7.53. The standard InChI is InChI=1S/C15H30N2O/c1-12(2)11-17(13(3)4)15(18)9-8-14-7-5-6-10-16-14/h12-14,16H,5-11H2,1-4H3. The zero-order chi connectivity index (χ0) is 13.5. The van der Waals surface area contributed by atoms with Crippen LogP contribution in [0, 0.1) is 5.92 Å². The molecule has 0 bridgehead atoms. The fourth-order valence-corrected chi connectivity index (χ4v) is 2.61. The van der Waals surface area contributed by atoms with Gasteiger partial charge in [-0.2, -0.15) is 0 Å². The maximum absolute atomic E-state index is 12.3. The van der Waals surface area contributed by atoms with Crippen LogP contribution >= 0.6 is 0 Å². The first-order valence-corrected chi connectivity index (χ1v) is 7.53. The number of hydrogen-bond acceptors (Lipinski definition) is 2. The predicted molar refractivity (Wildman–Crippen MR) is 76.6 cm³/mol. The van der Waals surface area contributed by atoms with Crippen LogP contribution in [0.5, 0.6) is 0 Å². The minimum Gasteiger partial charge on any atom is -0.340 e. The molecule has 0 saturated carbocycles. The molecular weight excluding hydrogens is 224 g/mol. The van der Waals surface area contributed by atoms with Crippen molar-refractivity contribution in [3.05, 3.63) is 0 Å². The van der Waals surface area contributed by atoms with Gasteiger partial charge in [-0.05, 0) is 45.6 Å². The molecule has 0 aliphatic carbocycles. The molecule has 1 aliphatic rings. The van der Waals surface area contributed by atoms with Crippen molar-refractivity contribution in [2.24, 2.45) is 5.92 Å². The number of hydrogen-bond donors (Lipinski definition) is 1. The molecule has 0 spiro atoms. The lowest BCUT2D eigenvalue weighted by Crippen LogP contribution is -2.41. The molecule has 1 fully saturated rings. The van der Waals surface area contributed by atoms with E-state index in [-0.39, 0.29) is 0 Å². The second-order valence-corrected chi connectivity index (χ2v) is 6.22. The van der Waals surface area contributed by atoms with E-state index in [1.165, 1.54) is 19.3 Å². The Kier molecular flexibility index (Phi) is 6.69. The van der Waals surface area contributed by atoms with Gasteiger partial charge in [-0.3, -0.25) is 4.79 Å². The Morgan fingerprint density at radius 3 is 2.50 bits per heavy atom. The smallest absolute Gasteiger partial charge is 0.222 e. The SMILES string of the molecule is CC(C)CN(C(=O)CCC1CCCCN1)C(C)C. The number of nitrogens with one attached hydrogen (secondary N) is 1. The molecule has 0 radical (unpaired) electrons. The molecule has 1 heterocycles. The molecule has 18 heavy (non-hydrogen) atoms. The summed E-state index contributed by atoms with van der Waals surface area (Å²) in [6, 6.07) is 0.884. The van der Waals surface area contributed by atoms with Gasteiger partial charge in [-0.15, -0.1) is 0 Å². The lowest BCUT2D eigenvalue weighted by atomic mass is 10.00. The number of carbonyl (C=O) groups is 1. The van der Waals surface area contributed by atoms with Gasteiger partial charge in [0.15, 0.2) is 0 Å². The summed E-state index contributed by atoms with van der Waals surface area (Å²) in [4.78, 5) is 14.3. The monoisotopic (exact) mass is 254 g/mol. The van der Waals surface area contributed by atoms with Gasteiger partial charge in [0, 0.05) is 25.0 Å². The van der Waals surface area contributed by atoms with Crippen molar-refractivity contribution in [1.29, 1.82) is 0 Å². The second-order valence-electron chi connectivity index (χ2n) is 6.22. The van der Waals surface area contributed by atoms with Crippen LogP contribution in [0.25, 0.3) is 0 Å². The summed E-state index contributed by atoms with van der Waals surface area (Å²) < 4.78 is 0. The number of carbonyl (C=O) groups excluding carboxylic acids is 1. The van der Waals surface area contributed by atoms with Crippen molar-refractivity contribution in [3.63, 3.8) is 0 Å². The molecule has 0 aromatic heterocycles. The fraction of sp³-hybridized carbons (Fsp3) is 0.933. The molecule has 106 valence electrons. The van der Waals surface area contributed by atoms with E-state index >= 15 is 0 Å². The molecule has 1 saturated heterocycles. The highest BCUT2D eigenvalue weighted by atomic mass is 16.2. The molecule has 3 heteroatoms. The van der Waals surface area contributed by atoms with Crippen LogP contribution in [0.3, 0.4) is 0 Å². The van der Waals surface area contributed by atoms with Crippen LogP contribution in [0.4, 0.5) is 0 Å². The first-order chi connectivity index (χ1) is 8.50. The summed E-state index contributed by atoms with van der Waals surface area (Å²) in [5.41, 5.74) is 0. The van der Waals surface area contributed by atoms with Gasteiger partial charge >= 0.3 is 0 Å². The largest absolute Gasteiger partial charge is 0.340 e. The number of amides is 1. The first kappa shape index (κ1) is 15.5. The molecule has 1 atom stereocenters. The molecule has 1 rings (SSSR count). The summed E-state index contributed by atoms with van der Waals surface area (Å²) in [6.45, 7) is 10.6. The summed E-state index contributed by atoms with van der Waals surface area (Å²) in [6.07, 6.45) is 5.53. The number of nitrogens with zero attached hydrogens (tertiary/aromatic N) is 1. The van der Waals surface area contributed by atoms with E-state index in [4.69, 9.17) is 0 Å².